The minimum absolute atomic E-state index is 0.137. The maximum Gasteiger partial charge on any atom is 0.160 e. The molecule has 4 aromatic rings. The van der Waals surface area contributed by atoms with Gasteiger partial charge in [0.25, 0.3) is 0 Å². The molecule has 3 heteroatoms. The van der Waals surface area contributed by atoms with Crippen molar-refractivity contribution in [2.45, 2.75) is 47.0 Å². The van der Waals surface area contributed by atoms with Crippen molar-refractivity contribution in [2.75, 3.05) is 0 Å². The van der Waals surface area contributed by atoms with E-state index >= 15 is 0 Å². The van der Waals surface area contributed by atoms with Gasteiger partial charge in [-0.15, -0.1) is 0 Å². The molecule has 0 bridgehead atoms. The highest BCUT2D eigenvalue weighted by Crippen LogP contribution is 2.20. The van der Waals surface area contributed by atoms with Crippen molar-refractivity contribution in [3.05, 3.63) is 113 Å². The van der Waals surface area contributed by atoms with Crippen LogP contribution < -0.4 is 0 Å². The SMILES string of the molecule is C=O.CC(=O)c1ccccc1C.CC(C)(C)c1ccccc1.Cc1cccc2cccnc12. The van der Waals surface area contributed by atoms with E-state index in [4.69, 9.17) is 4.79 Å². The number of carbonyl (C=O) groups excluding carboxylic acids is 2. The molecule has 0 spiro atoms. The van der Waals surface area contributed by atoms with Crippen LogP contribution in [-0.2, 0) is 10.2 Å². The molecule has 1 heterocycles. The van der Waals surface area contributed by atoms with E-state index in [0.717, 1.165) is 16.6 Å². The van der Waals surface area contributed by atoms with E-state index in [9.17, 15) is 4.79 Å². The normalized spacial score (nSPS) is 9.88. The van der Waals surface area contributed by atoms with Gasteiger partial charge in [-0.3, -0.25) is 9.78 Å². The third kappa shape index (κ3) is 9.20. The molecule has 3 aromatic carbocycles. The Morgan fingerprint density at radius 1 is 0.727 bits per heavy atom. The Morgan fingerprint density at radius 2 is 1.27 bits per heavy atom. The van der Waals surface area contributed by atoms with Crippen LogP contribution in [0, 0.1) is 13.8 Å². The number of nitrogens with zero attached hydrogens (tertiary/aromatic N) is 1. The van der Waals surface area contributed by atoms with Crippen LogP contribution in [0.15, 0.2) is 91.1 Å². The summed E-state index contributed by atoms with van der Waals surface area (Å²) in [4.78, 5) is 23.1. The van der Waals surface area contributed by atoms with Gasteiger partial charge >= 0.3 is 0 Å². The summed E-state index contributed by atoms with van der Waals surface area (Å²) in [5.74, 6) is 0.137. The van der Waals surface area contributed by atoms with Crippen molar-refractivity contribution in [1.29, 1.82) is 0 Å². The number of pyridine rings is 1. The second kappa shape index (κ2) is 13.7. The van der Waals surface area contributed by atoms with E-state index in [2.05, 4.69) is 87.3 Å². The monoisotopic (exact) mass is 441 g/mol. The van der Waals surface area contributed by atoms with Crippen LogP contribution in [-0.4, -0.2) is 17.6 Å². The highest BCUT2D eigenvalue weighted by molar-refractivity contribution is 5.95. The van der Waals surface area contributed by atoms with Crippen LogP contribution in [0.2, 0.25) is 0 Å². The fraction of sp³-hybridized carbons (Fsp3) is 0.233. The van der Waals surface area contributed by atoms with Gasteiger partial charge in [-0.2, -0.15) is 0 Å². The van der Waals surface area contributed by atoms with E-state index < -0.39 is 0 Å². The third-order valence-electron chi connectivity index (χ3n) is 5.00. The highest BCUT2D eigenvalue weighted by atomic mass is 16.1. The van der Waals surface area contributed by atoms with Gasteiger partial charge in [0.15, 0.2) is 5.78 Å². The van der Waals surface area contributed by atoms with E-state index in [0.29, 0.717) is 5.41 Å². The summed E-state index contributed by atoms with van der Waals surface area (Å²) in [6, 6.07) is 28.4. The first-order valence-electron chi connectivity index (χ1n) is 10.9. The molecule has 0 aliphatic rings. The maximum absolute atomic E-state index is 10.9. The van der Waals surface area contributed by atoms with Gasteiger partial charge in [-0.05, 0) is 48.9 Å². The molecule has 1 aromatic heterocycles. The minimum Gasteiger partial charge on any atom is -0.307 e. The molecule has 0 aliphatic carbocycles. The average molecular weight is 442 g/mol. The fourth-order valence-electron chi connectivity index (χ4n) is 3.16. The maximum atomic E-state index is 10.9. The molecule has 0 saturated heterocycles. The van der Waals surface area contributed by atoms with Gasteiger partial charge in [0, 0.05) is 17.1 Å². The number of para-hydroxylation sites is 1. The van der Waals surface area contributed by atoms with Gasteiger partial charge in [0.2, 0.25) is 0 Å². The highest BCUT2D eigenvalue weighted by Gasteiger charge is 2.11. The van der Waals surface area contributed by atoms with Crippen molar-refractivity contribution in [3.8, 4) is 0 Å². The van der Waals surface area contributed by atoms with E-state index in [1.165, 1.54) is 16.5 Å². The molecule has 0 fully saturated rings. The van der Waals surface area contributed by atoms with Crippen molar-refractivity contribution in [1.82, 2.24) is 4.98 Å². The summed E-state index contributed by atoms with van der Waals surface area (Å²) in [6.07, 6.45) is 1.83. The molecule has 0 unspecified atom stereocenters. The third-order valence-corrected chi connectivity index (χ3v) is 5.00. The topological polar surface area (TPSA) is 47.0 Å². The molecule has 0 radical (unpaired) electrons. The molecule has 0 N–H and O–H groups in total. The Kier molecular flexibility index (Phi) is 11.4. The van der Waals surface area contributed by atoms with E-state index in [-0.39, 0.29) is 5.78 Å². The molecule has 0 aliphatic heterocycles. The summed E-state index contributed by atoms with van der Waals surface area (Å²) in [5, 5.41) is 1.22. The lowest BCUT2D eigenvalue weighted by atomic mass is 9.87. The van der Waals surface area contributed by atoms with Gasteiger partial charge < -0.3 is 4.79 Å². The molecule has 3 nitrogen and oxygen atoms in total. The first kappa shape index (κ1) is 27.4. The molecular weight excluding hydrogens is 406 g/mol. The van der Waals surface area contributed by atoms with Crippen molar-refractivity contribution in [2.24, 2.45) is 0 Å². The van der Waals surface area contributed by atoms with Crippen LogP contribution in [0.1, 0.15) is 54.7 Å². The molecule has 0 saturated carbocycles. The molecular formula is C30H35NO2. The van der Waals surface area contributed by atoms with E-state index in [1.54, 1.807) is 6.92 Å². The number of rotatable bonds is 1. The van der Waals surface area contributed by atoms with E-state index in [1.807, 2.05) is 50.2 Å². The number of fused-ring (bicyclic) bond motifs is 1. The van der Waals surface area contributed by atoms with Crippen molar-refractivity contribution >= 4 is 23.5 Å². The number of hydrogen-bond acceptors (Lipinski definition) is 3. The van der Waals surface area contributed by atoms with Crippen LogP contribution in [0.3, 0.4) is 0 Å². The lowest BCUT2D eigenvalue weighted by Gasteiger charge is -2.18. The number of benzene rings is 3. The van der Waals surface area contributed by atoms with Gasteiger partial charge in [-0.1, -0.05) is 99.6 Å². The Morgan fingerprint density at radius 3 is 1.76 bits per heavy atom. The lowest BCUT2D eigenvalue weighted by molar-refractivity contribution is -0.0980. The van der Waals surface area contributed by atoms with Crippen LogP contribution in [0.5, 0.6) is 0 Å². The fourth-order valence-corrected chi connectivity index (χ4v) is 3.16. The van der Waals surface area contributed by atoms with Gasteiger partial charge in [0.05, 0.1) is 5.52 Å². The van der Waals surface area contributed by atoms with Crippen LogP contribution in [0.4, 0.5) is 0 Å². The number of ketones is 1. The first-order chi connectivity index (χ1) is 15.7. The molecule has 33 heavy (non-hydrogen) atoms. The molecule has 0 atom stereocenters. The zero-order valence-electron chi connectivity index (χ0n) is 20.6. The zero-order chi connectivity index (χ0) is 24.9. The summed E-state index contributed by atoms with van der Waals surface area (Å²) < 4.78 is 0. The molecule has 0 amide bonds. The molecule has 172 valence electrons. The Hall–Kier alpha value is -3.59. The Balaban J connectivity index is 0.000000239. The number of carbonyl (C=O) groups is 2. The summed E-state index contributed by atoms with van der Waals surface area (Å²) in [7, 11) is 0. The largest absolute Gasteiger partial charge is 0.307 e. The zero-order valence-corrected chi connectivity index (χ0v) is 20.6. The number of Topliss-reactive ketones (excluding diaryl/α,β-unsaturated/α-hetero) is 1. The summed E-state index contributed by atoms with van der Waals surface area (Å²) >= 11 is 0. The van der Waals surface area contributed by atoms with Crippen LogP contribution in [0.25, 0.3) is 10.9 Å². The Bertz CT molecular complexity index is 1120. The predicted octanol–water partition coefficient (Wildman–Crippen LogP) is 7.54. The second-order valence-electron chi connectivity index (χ2n) is 8.64. The van der Waals surface area contributed by atoms with Gasteiger partial charge in [0.1, 0.15) is 6.79 Å². The number of hydrogen-bond donors (Lipinski definition) is 0. The minimum atomic E-state index is 0.137. The summed E-state index contributed by atoms with van der Waals surface area (Å²) in [6.45, 7) is 14.3. The predicted molar refractivity (Wildman–Crippen MR) is 140 cm³/mol. The standard InChI is InChI=1S/C10H9N.C10H14.C9H10O.CH2O/c1-8-4-2-5-9-6-3-7-11-10(8)9;1-10(2,3)9-7-5-4-6-8-9;1-7-5-3-4-6-9(7)8(2)10;1-2/h2-7H,1H3;4-8H,1-3H3;3-6H,1-2H3;1H2. The second-order valence-corrected chi connectivity index (χ2v) is 8.64. The molecule has 4 rings (SSSR count). The van der Waals surface area contributed by atoms with Crippen molar-refractivity contribution in [3.63, 3.8) is 0 Å². The number of aryl methyl sites for hydroxylation is 2. The quantitative estimate of drug-likeness (QED) is 0.287. The lowest BCUT2D eigenvalue weighted by Crippen LogP contribution is -2.10. The average Bonchev–Trinajstić information content (AvgIpc) is 2.82. The first-order valence-corrected chi connectivity index (χ1v) is 10.9. The van der Waals surface area contributed by atoms with Crippen molar-refractivity contribution < 1.29 is 9.59 Å². The van der Waals surface area contributed by atoms with Gasteiger partial charge in [-0.25, -0.2) is 0 Å². The smallest absolute Gasteiger partial charge is 0.160 e. The summed E-state index contributed by atoms with van der Waals surface area (Å²) in [5.41, 5.74) is 5.91. The Labute approximate surface area is 198 Å². The number of aromatic nitrogens is 1. The van der Waals surface area contributed by atoms with Crippen LogP contribution >= 0.6 is 0 Å².